The molecule has 1 aromatic carbocycles. The Balaban J connectivity index is 2.11. The fourth-order valence-corrected chi connectivity index (χ4v) is 2.86. The molecule has 2 aromatic rings. The molecule has 1 unspecified atom stereocenters. The number of carbonyl (C=O) groups is 1. The van der Waals surface area contributed by atoms with Crippen LogP contribution in [0.2, 0.25) is 0 Å². The van der Waals surface area contributed by atoms with Crippen LogP contribution in [0.5, 0.6) is 5.75 Å². The van der Waals surface area contributed by atoms with E-state index in [2.05, 4.69) is 15.6 Å². The van der Waals surface area contributed by atoms with E-state index in [1.54, 1.807) is 18.6 Å². The summed E-state index contributed by atoms with van der Waals surface area (Å²) in [7, 11) is 3.11. The van der Waals surface area contributed by atoms with Gasteiger partial charge in [0.1, 0.15) is 0 Å². The SMILES string of the molecule is C/C=C(\C=C/NC)c1csc(NC(=O)C(O)c2ccc(F)c(OC)c2)n1. The molecule has 6 nitrogen and oxygen atoms in total. The minimum Gasteiger partial charge on any atom is -0.494 e. The van der Waals surface area contributed by atoms with Crippen molar-refractivity contribution in [1.82, 2.24) is 10.3 Å². The molecule has 1 aromatic heterocycles. The summed E-state index contributed by atoms with van der Waals surface area (Å²) < 4.78 is 18.3. The minimum absolute atomic E-state index is 0.0417. The molecule has 8 heteroatoms. The van der Waals surface area contributed by atoms with Crippen LogP contribution in [0, 0.1) is 5.82 Å². The third-order valence-electron chi connectivity index (χ3n) is 3.51. The largest absolute Gasteiger partial charge is 0.494 e. The van der Waals surface area contributed by atoms with E-state index in [9.17, 15) is 14.3 Å². The molecule has 26 heavy (non-hydrogen) atoms. The van der Waals surface area contributed by atoms with Crippen LogP contribution in [0.4, 0.5) is 9.52 Å². The van der Waals surface area contributed by atoms with Crippen molar-refractivity contribution in [3.05, 3.63) is 59.0 Å². The normalized spacial score (nSPS) is 12.9. The summed E-state index contributed by atoms with van der Waals surface area (Å²) in [5.74, 6) is -1.27. The van der Waals surface area contributed by atoms with Gasteiger partial charge < -0.3 is 15.2 Å². The highest BCUT2D eigenvalue weighted by molar-refractivity contribution is 7.14. The first-order chi connectivity index (χ1) is 12.5. The van der Waals surface area contributed by atoms with Gasteiger partial charge in [0.2, 0.25) is 0 Å². The summed E-state index contributed by atoms with van der Waals surface area (Å²) in [6, 6.07) is 3.75. The zero-order valence-electron chi connectivity index (χ0n) is 14.6. The number of aromatic nitrogens is 1. The molecule has 0 bridgehead atoms. The number of thiazole rings is 1. The molecule has 1 atom stereocenters. The molecule has 0 radical (unpaired) electrons. The summed E-state index contributed by atoms with van der Waals surface area (Å²) in [6.45, 7) is 1.89. The Morgan fingerprint density at radius 2 is 2.23 bits per heavy atom. The van der Waals surface area contributed by atoms with Crippen LogP contribution in [-0.4, -0.2) is 30.2 Å². The molecule has 0 fully saturated rings. The van der Waals surface area contributed by atoms with E-state index in [1.807, 2.05) is 19.1 Å². The third-order valence-corrected chi connectivity index (χ3v) is 4.27. The number of hydrogen-bond acceptors (Lipinski definition) is 6. The highest BCUT2D eigenvalue weighted by atomic mass is 32.1. The number of allylic oxidation sites excluding steroid dienone is 3. The maximum atomic E-state index is 13.5. The van der Waals surface area contributed by atoms with Crippen molar-refractivity contribution >= 4 is 27.9 Å². The second-order valence-corrected chi connectivity index (χ2v) is 6.05. The Bertz CT molecular complexity index is 833. The van der Waals surface area contributed by atoms with E-state index in [0.717, 1.165) is 11.6 Å². The number of carbonyl (C=O) groups excluding carboxylic acids is 1. The highest BCUT2D eigenvalue weighted by Gasteiger charge is 2.20. The van der Waals surface area contributed by atoms with Crippen LogP contribution in [-0.2, 0) is 4.79 Å². The summed E-state index contributed by atoms with van der Waals surface area (Å²) >= 11 is 1.24. The first kappa shape index (κ1) is 19.6. The highest BCUT2D eigenvalue weighted by Crippen LogP contribution is 2.26. The lowest BCUT2D eigenvalue weighted by atomic mass is 10.1. The van der Waals surface area contributed by atoms with Crippen molar-refractivity contribution in [1.29, 1.82) is 0 Å². The average molecular weight is 377 g/mol. The van der Waals surface area contributed by atoms with E-state index in [1.165, 1.54) is 30.6 Å². The van der Waals surface area contributed by atoms with Gasteiger partial charge in [-0.3, -0.25) is 10.1 Å². The predicted octanol–water partition coefficient (Wildman–Crippen LogP) is 3.10. The Morgan fingerprint density at radius 1 is 1.46 bits per heavy atom. The number of halogens is 1. The van der Waals surface area contributed by atoms with Gasteiger partial charge in [0.15, 0.2) is 22.8 Å². The fraction of sp³-hybridized carbons (Fsp3) is 0.222. The van der Waals surface area contributed by atoms with Crippen molar-refractivity contribution in [3.8, 4) is 5.75 Å². The fourth-order valence-electron chi connectivity index (χ4n) is 2.14. The molecule has 0 spiro atoms. The van der Waals surface area contributed by atoms with Gasteiger partial charge >= 0.3 is 0 Å². The molecule has 138 valence electrons. The molecular weight excluding hydrogens is 357 g/mol. The van der Waals surface area contributed by atoms with Gasteiger partial charge in [-0.05, 0) is 42.5 Å². The quantitative estimate of drug-likeness (QED) is 0.646. The van der Waals surface area contributed by atoms with Crippen LogP contribution in [0.3, 0.4) is 0 Å². The van der Waals surface area contributed by atoms with Gasteiger partial charge in [-0.1, -0.05) is 12.1 Å². The van der Waals surface area contributed by atoms with Crippen LogP contribution in [0.25, 0.3) is 5.57 Å². The number of ether oxygens (including phenoxy) is 1. The first-order valence-electron chi connectivity index (χ1n) is 7.78. The predicted molar refractivity (Wildman–Crippen MR) is 101 cm³/mol. The molecule has 0 aliphatic carbocycles. The van der Waals surface area contributed by atoms with Crippen LogP contribution >= 0.6 is 11.3 Å². The van der Waals surface area contributed by atoms with Crippen LogP contribution < -0.4 is 15.4 Å². The monoisotopic (exact) mass is 377 g/mol. The number of aliphatic hydroxyl groups excluding tert-OH is 1. The summed E-state index contributed by atoms with van der Waals surface area (Å²) in [6.07, 6.45) is 4.06. The number of benzene rings is 1. The molecule has 1 amide bonds. The number of amides is 1. The van der Waals surface area contributed by atoms with E-state index < -0.39 is 17.8 Å². The van der Waals surface area contributed by atoms with Crippen molar-refractivity contribution in [2.24, 2.45) is 0 Å². The Hall–Kier alpha value is -2.71. The molecule has 0 aliphatic rings. The van der Waals surface area contributed by atoms with E-state index in [4.69, 9.17) is 4.74 Å². The average Bonchev–Trinajstić information content (AvgIpc) is 3.10. The lowest BCUT2D eigenvalue weighted by Crippen LogP contribution is -2.20. The zero-order valence-corrected chi connectivity index (χ0v) is 15.4. The van der Waals surface area contributed by atoms with E-state index in [-0.39, 0.29) is 11.3 Å². The number of anilines is 1. The molecule has 0 saturated carbocycles. The van der Waals surface area contributed by atoms with E-state index in [0.29, 0.717) is 10.8 Å². The smallest absolute Gasteiger partial charge is 0.259 e. The van der Waals surface area contributed by atoms with Gasteiger partial charge in [0.25, 0.3) is 5.91 Å². The van der Waals surface area contributed by atoms with Crippen LogP contribution in [0.15, 0.2) is 41.9 Å². The maximum Gasteiger partial charge on any atom is 0.259 e. The van der Waals surface area contributed by atoms with Gasteiger partial charge in [0, 0.05) is 12.4 Å². The number of hydrogen-bond donors (Lipinski definition) is 3. The molecule has 0 aliphatic heterocycles. The van der Waals surface area contributed by atoms with Gasteiger partial charge in [-0.15, -0.1) is 11.3 Å². The lowest BCUT2D eigenvalue weighted by Gasteiger charge is -2.11. The molecule has 2 rings (SSSR count). The molecule has 0 saturated heterocycles. The first-order valence-corrected chi connectivity index (χ1v) is 8.66. The van der Waals surface area contributed by atoms with Crippen molar-refractivity contribution in [3.63, 3.8) is 0 Å². The standard InChI is InChI=1S/C18H20FN3O3S/c1-4-11(7-8-20-2)14-10-26-18(21-14)22-17(24)16(23)12-5-6-13(19)15(9-12)25-3/h4-10,16,20,23H,1-3H3,(H,21,22,24)/b8-7-,11-4+. The van der Waals surface area contributed by atoms with Gasteiger partial charge in [-0.25, -0.2) is 9.37 Å². The topological polar surface area (TPSA) is 83.5 Å². The van der Waals surface area contributed by atoms with Gasteiger partial charge in [-0.2, -0.15) is 0 Å². The second kappa shape index (κ2) is 9.12. The third kappa shape index (κ3) is 4.68. The summed E-state index contributed by atoms with van der Waals surface area (Å²) in [4.78, 5) is 16.6. The Labute approximate surface area is 155 Å². The zero-order chi connectivity index (χ0) is 19.1. The second-order valence-electron chi connectivity index (χ2n) is 5.19. The van der Waals surface area contributed by atoms with Crippen molar-refractivity contribution in [2.75, 3.05) is 19.5 Å². The summed E-state index contributed by atoms with van der Waals surface area (Å²) in [5, 5.41) is 17.8. The number of methoxy groups -OCH3 is 1. The van der Waals surface area contributed by atoms with Gasteiger partial charge in [0.05, 0.1) is 12.8 Å². The molecule has 3 N–H and O–H groups in total. The summed E-state index contributed by atoms with van der Waals surface area (Å²) in [5.41, 5.74) is 1.82. The minimum atomic E-state index is -1.47. The number of nitrogens with one attached hydrogen (secondary N) is 2. The Morgan fingerprint density at radius 3 is 2.88 bits per heavy atom. The Kier molecular flexibility index (Phi) is 6.88. The van der Waals surface area contributed by atoms with Crippen molar-refractivity contribution in [2.45, 2.75) is 13.0 Å². The van der Waals surface area contributed by atoms with Crippen LogP contribution in [0.1, 0.15) is 24.3 Å². The lowest BCUT2D eigenvalue weighted by molar-refractivity contribution is -0.124. The van der Waals surface area contributed by atoms with E-state index >= 15 is 0 Å². The molecule has 1 heterocycles. The number of nitrogens with zero attached hydrogens (tertiary/aromatic N) is 1. The maximum absolute atomic E-state index is 13.5. The number of rotatable bonds is 7. The van der Waals surface area contributed by atoms with Crippen molar-refractivity contribution < 1.29 is 19.0 Å². The molecular formula is C18H20FN3O3S. The number of aliphatic hydroxyl groups is 1.